The molecule has 35 heavy (non-hydrogen) atoms. The van der Waals surface area contributed by atoms with E-state index in [0.29, 0.717) is 38.3 Å². The fraction of sp³-hybridized carbons (Fsp3) is 0.375. The maximum atomic E-state index is 12.6. The second kappa shape index (κ2) is 9.70. The summed E-state index contributed by atoms with van der Waals surface area (Å²) in [5.74, 6) is -1.22. The van der Waals surface area contributed by atoms with E-state index in [2.05, 4.69) is 15.0 Å². The van der Waals surface area contributed by atoms with Crippen LogP contribution in [0.15, 0.2) is 25.5 Å². The van der Waals surface area contributed by atoms with Gasteiger partial charge in [-0.25, -0.2) is 19.6 Å². The number of H-pyrrole nitrogens is 2. The van der Waals surface area contributed by atoms with E-state index >= 15 is 0 Å². The van der Waals surface area contributed by atoms with E-state index in [0.717, 1.165) is 11.6 Å². The zero-order valence-electron chi connectivity index (χ0n) is 18.0. The first-order valence-corrected chi connectivity index (χ1v) is 10.0. The molecule has 0 amide bonds. The van der Waals surface area contributed by atoms with Gasteiger partial charge in [0.2, 0.25) is 5.82 Å². The standard InChI is InChI=1S/C8H7F3N4O2.C7H8N4O2.CF3I/c1-14-3-4(12-6(14)8(9,10)11)15(2)7(17)13-5(3)16;1-10-3-8-5-4(10)6(12)9-7(13)11(5)2;2-1(3,4)5/h1-2H3,(H,13,16,17);3H,1-2H3,(H,9,12,13);. The van der Waals surface area contributed by atoms with Crippen molar-refractivity contribution in [1.82, 2.24) is 38.2 Å². The number of imidazole rings is 2. The van der Waals surface area contributed by atoms with Gasteiger partial charge in [-0.1, -0.05) is 0 Å². The second-order valence-electron chi connectivity index (χ2n) is 6.76. The van der Waals surface area contributed by atoms with E-state index < -0.39 is 38.7 Å². The Morgan fingerprint density at radius 1 is 0.771 bits per heavy atom. The minimum Gasteiger partial charge on any atom is -0.328 e. The SMILES string of the molecule is Cn1c(C(F)(F)F)nc2c1c(=O)[nH]c(=O)n2C.Cn1cnc2c1c(=O)[nH]c(=O)n2C.FC(F)(F)I. The first kappa shape index (κ1) is 27.9. The number of aromatic amines is 2. The summed E-state index contributed by atoms with van der Waals surface area (Å²) in [6, 6.07) is 0. The lowest BCUT2D eigenvalue weighted by Gasteiger charge is -2.04. The van der Waals surface area contributed by atoms with Gasteiger partial charge in [0.05, 0.1) is 6.33 Å². The fourth-order valence-corrected chi connectivity index (χ4v) is 2.82. The Bertz CT molecular complexity index is 1610. The quantitative estimate of drug-likeness (QED) is 0.169. The summed E-state index contributed by atoms with van der Waals surface area (Å²) in [4.78, 5) is 56.4. The number of fused-ring (bicyclic) bond motifs is 2. The van der Waals surface area contributed by atoms with Crippen molar-refractivity contribution in [3.05, 3.63) is 53.8 Å². The highest BCUT2D eigenvalue weighted by Gasteiger charge is 2.37. The van der Waals surface area contributed by atoms with Crippen LogP contribution in [0.2, 0.25) is 0 Å². The smallest absolute Gasteiger partial charge is 0.328 e. The summed E-state index contributed by atoms with van der Waals surface area (Å²) in [7, 11) is 5.56. The van der Waals surface area contributed by atoms with Crippen molar-refractivity contribution < 1.29 is 26.3 Å². The van der Waals surface area contributed by atoms with Gasteiger partial charge in [-0.15, -0.1) is 0 Å². The van der Waals surface area contributed by atoms with Crippen LogP contribution in [0, 0.1) is 0 Å². The lowest BCUT2D eigenvalue weighted by atomic mass is 10.5. The molecule has 0 unspecified atom stereocenters. The van der Waals surface area contributed by atoms with Crippen LogP contribution in [0.4, 0.5) is 26.3 Å². The number of nitrogens with zero attached hydrogens (tertiary/aromatic N) is 6. The molecule has 0 fully saturated rings. The van der Waals surface area contributed by atoms with Gasteiger partial charge in [-0.2, -0.15) is 26.3 Å². The average Bonchev–Trinajstić information content (AvgIpc) is 3.24. The number of hydrogen-bond acceptors (Lipinski definition) is 6. The Morgan fingerprint density at radius 2 is 1.20 bits per heavy atom. The Labute approximate surface area is 202 Å². The molecule has 4 aromatic heterocycles. The molecule has 0 bridgehead atoms. The number of aromatic nitrogens is 8. The van der Waals surface area contributed by atoms with E-state index in [1.807, 2.05) is 4.98 Å². The predicted molar refractivity (Wildman–Crippen MR) is 118 cm³/mol. The van der Waals surface area contributed by atoms with E-state index in [1.165, 1.54) is 17.9 Å². The van der Waals surface area contributed by atoms with Crippen LogP contribution < -0.4 is 22.5 Å². The van der Waals surface area contributed by atoms with Gasteiger partial charge in [-0.3, -0.25) is 28.7 Å². The molecule has 0 spiro atoms. The molecule has 4 aromatic rings. The van der Waals surface area contributed by atoms with Gasteiger partial charge < -0.3 is 9.13 Å². The summed E-state index contributed by atoms with van der Waals surface area (Å²) < 4.78 is 69.0. The van der Waals surface area contributed by atoms with Crippen molar-refractivity contribution in [1.29, 1.82) is 0 Å². The van der Waals surface area contributed by atoms with Gasteiger partial charge in [0.15, 0.2) is 22.3 Å². The van der Waals surface area contributed by atoms with Crippen molar-refractivity contribution in [2.45, 2.75) is 10.4 Å². The zero-order chi connectivity index (χ0) is 27.0. The number of alkyl halides is 7. The topological polar surface area (TPSA) is 145 Å². The third-order valence-electron chi connectivity index (χ3n) is 4.36. The Kier molecular flexibility index (Phi) is 7.72. The summed E-state index contributed by atoms with van der Waals surface area (Å²) in [6.45, 7) is 0. The van der Waals surface area contributed by atoms with Crippen molar-refractivity contribution >= 4 is 44.9 Å². The van der Waals surface area contributed by atoms with Crippen molar-refractivity contribution in [2.24, 2.45) is 28.2 Å². The van der Waals surface area contributed by atoms with Crippen LogP contribution >= 0.6 is 22.6 Å². The molecular weight excluding hydrogens is 609 g/mol. The van der Waals surface area contributed by atoms with E-state index in [1.54, 1.807) is 18.7 Å². The normalized spacial score (nSPS) is 11.7. The molecule has 19 heteroatoms. The lowest BCUT2D eigenvalue weighted by Crippen LogP contribution is -2.29. The molecule has 0 aliphatic heterocycles. The number of nitrogens with one attached hydrogen (secondary N) is 2. The maximum Gasteiger partial charge on any atom is 0.449 e. The van der Waals surface area contributed by atoms with Crippen LogP contribution in [0.5, 0.6) is 0 Å². The zero-order valence-corrected chi connectivity index (χ0v) is 20.2. The molecule has 192 valence electrons. The molecule has 0 aliphatic rings. The highest BCUT2D eigenvalue weighted by molar-refractivity contribution is 14.1. The third kappa shape index (κ3) is 6.19. The summed E-state index contributed by atoms with van der Waals surface area (Å²) in [6.07, 6.45) is -3.18. The number of aryl methyl sites for hydroxylation is 4. The molecule has 0 aliphatic carbocycles. The molecule has 0 radical (unpaired) electrons. The summed E-state index contributed by atoms with van der Waals surface area (Å²) in [5, 5.41) is 0. The highest BCUT2D eigenvalue weighted by atomic mass is 127. The van der Waals surface area contributed by atoms with Crippen LogP contribution in [0.3, 0.4) is 0 Å². The average molecular weight is 624 g/mol. The molecule has 0 saturated heterocycles. The molecule has 4 rings (SSSR count). The highest BCUT2D eigenvalue weighted by Crippen LogP contribution is 2.29. The van der Waals surface area contributed by atoms with Crippen molar-refractivity contribution in [2.75, 3.05) is 0 Å². The van der Waals surface area contributed by atoms with Gasteiger partial charge in [0, 0.05) is 50.8 Å². The Balaban J connectivity index is 0.000000212. The maximum absolute atomic E-state index is 12.6. The van der Waals surface area contributed by atoms with Gasteiger partial charge in [-0.05, 0) is 0 Å². The fourth-order valence-electron chi connectivity index (χ4n) is 2.82. The molecule has 0 saturated carbocycles. The summed E-state index contributed by atoms with van der Waals surface area (Å²) >= 11 is 0.378. The number of halogens is 7. The van der Waals surface area contributed by atoms with Crippen LogP contribution in [0.25, 0.3) is 22.3 Å². The van der Waals surface area contributed by atoms with E-state index in [4.69, 9.17) is 0 Å². The predicted octanol–water partition coefficient (Wildman–Crippen LogP) is 0.881. The molecular formula is C16H15F6IN8O4. The third-order valence-corrected chi connectivity index (χ3v) is 4.36. The van der Waals surface area contributed by atoms with Crippen LogP contribution in [-0.2, 0) is 34.4 Å². The van der Waals surface area contributed by atoms with Gasteiger partial charge in [0.1, 0.15) is 0 Å². The Hall–Kier alpha value is -3.39. The number of hydrogen-bond donors (Lipinski definition) is 2. The van der Waals surface area contributed by atoms with Crippen molar-refractivity contribution in [3.8, 4) is 0 Å². The first-order valence-electron chi connectivity index (χ1n) is 8.93. The minimum absolute atomic E-state index is 0.292. The largest absolute Gasteiger partial charge is 0.449 e. The summed E-state index contributed by atoms with van der Waals surface area (Å²) in [5.41, 5.74) is -2.34. The van der Waals surface area contributed by atoms with Crippen LogP contribution in [0.1, 0.15) is 5.82 Å². The second-order valence-corrected chi connectivity index (χ2v) is 7.98. The van der Waals surface area contributed by atoms with Crippen molar-refractivity contribution in [3.63, 3.8) is 0 Å². The monoisotopic (exact) mass is 624 g/mol. The van der Waals surface area contributed by atoms with E-state index in [-0.39, 0.29) is 11.2 Å². The lowest BCUT2D eigenvalue weighted by molar-refractivity contribution is -0.146. The molecule has 4 heterocycles. The van der Waals surface area contributed by atoms with Crippen LogP contribution in [-0.4, -0.2) is 42.4 Å². The van der Waals surface area contributed by atoms with Gasteiger partial charge >= 0.3 is 21.7 Å². The number of rotatable bonds is 0. The van der Waals surface area contributed by atoms with E-state index in [9.17, 15) is 45.5 Å². The Morgan fingerprint density at radius 3 is 1.66 bits per heavy atom. The minimum atomic E-state index is -4.68. The molecule has 0 atom stereocenters. The molecule has 0 aromatic carbocycles. The van der Waals surface area contributed by atoms with Gasteiger partial charge in [0.25, 0.3) is 11.1 Å². The first-order chi connectivity index (χ1) is 15.8. The molecule has 12 nitrogen and oxygen atoms in total. The molecule has 2 N–H and O–H groups in total.